The molecule has 1 unspecified atom stereocenters. The summed E-state index contributed by atoms with van der Waals surface area (Å²) in [6, 6.07) is 13.9. The molecule has 1 aliphatic rings. The van der Waals surface area contributed by atoms with E-state index in [0.29, 0.717) is 12.5 Å². The first-order valence-electron chi connectivity index (χ1n) is 9.13. The van der Waals surface area contributed by atoms with Crippen LogP contribution in [0.2, 0.25) is 0 Å². The van der Waals surface area contributed by atoms with Crippen LogP contribution < -0.4 is 10.2 Å². The fourth-order valence-corrected chi connectivity index (χ4v) is 3.63. The van der Waals surface area contributed by atoms with Crippen LogP contribution in [0.25, 0.3) is 0 Å². The Hall–Kier alpha value is -2.62. The summed E-state index contributed by atoms with van der Waals surface area (Å²) in [7, 11) is 0. The number of hydrogen-bond donors (Lipinski definition) is 1. The van der Waals surface area contributed by atoms with Gasteiger partial charge in [-0.1, -0.05) is 38.1 Å². The van der Waals surface area contributed by atoms with Crippen LogP contribution in [0.3, 0.4) is 0 Å². The second kappa shape index (κ2) is 7.32. The third-order valence-corrected chi connectivity index (χ3v) is 4.83. The summed E-state index contributed by atoms with van der Waals surface area (Å²) in [5.41, 5.74) is 5.07. The Balaban J connectivity index is 1.76. The molecule has 1 N–H and O–H groups in total. The van der Waals surface area contributed by atoms with Gasteiger partial charge >= 0.3 is 0 Å². The van der Waals surface area contributed by atoms with Crippen LogP contribution in [-0.4, -0.2) is 18.4 Å². The maximum Gasteiger partial charge on any atom is 0.229 e. The Morgan fingerprint density at radius 2 is 1.77 bits per heavy atom. The number of amides is 2. The minimum absolute atomic E-state index is 0.0127. The molecule has 1 aliphatic heterocycles. The standard InChI is InChI=1S/C22H26N2O2/c1-14(2)19-7-5-6-8-20(19)24-13-17(12-21(24)25)22(26)23-18-10-15(3)9-16(4)11-18/h5-11,14,17H,12-13H2,1-4H3,(H,23,26). The summed E-state index contributed by atoms with van der Waals surface area (Å²) in [6.45, 7) is 8.67. The average molecular weight is 350 g/mol. The normalized spacial score (nSPS) is 17.0. The average Bonchev–Trinajstić information content (AvgIpc) is 2.95. The summed E-state index contributed by atoms with van der Waals surface area (Å²) in [4.78, 5) is 27.0. The molecule has 4 heteroatoms. The van der Waals surface area contributed by atoms with E-state index in [1.165, 1.54) is 0 Å². The Bertz CT molecular complexity index is 822. The quantitative estimate of drug-likeness (QED) is 0.887. The predicted molar refractivity (Wildman–Crippen MR) is 106 cm³/mol. The number of nitrogens with one attached hydrogen (secondary N) is 1. The summed E-state index contributed by atoms with van der Waals surface area (Å²) < 4.78 is 0. The van der Waals surface area contributed by atoms with E-state index in [1.807, 2.05) is 44.2 Å². The molecule has 2 aromatic carbocycles. The van der Waals surface area contributed by atoms with Gasteiger partial charge in [-0.15, -0.1) is 0 Å². The number of aryl methyl sites for hydroxylation is 2. The van der Waals surface area contributed by atoms with Crippen molar-refractivity contribution >= 4 is 23.2 Å². The Morgan fingerprint density at radius 3 is 2.42 bits per heavy atom. The van der Waals surface area contributed by atoms with Crippen LogP contribution >= 0.6 is 0 Å². The zero-order valence-corrected chi connectivity index (χ0v) is 15.9. The predicted octanol–water partition coefficient (Wildman–Crippen LogP) is 4.42. The van der Waals surface area contributed by atoms with Gasteiger partial charge in [0.1, 0.15) is 0 Å². The first-order chi connectivity index (χ1) is 12.3. The highest BCUT2D eigenvalue weighted by Crippen LogP contribution is 2.32. The second-order valence-electron chi connectivity index (χ2n) is 7.48. The first-order valence-corrected chi connectivity index (χ1v) is 9.13. The topological polar surface area (TPSA) is 49.4 Å². The molecule has 0 saturated carbocycles. The molecular formula is C22H26N2O2. The van der Waals surface area contributed by atoms with Crippen LogP contribution in [-0.2, 0) is 9.59 Å². The van der Waals surface area contributed by atoms with Gasteiger partial charge in [0.15, 0.2) is 0 Å². The fourth-order valence-electron chi connectivity index (χ4n) is 3.63. The van der Waals surface area contributed by atoms with Crippen molar-refractivity contribution in [3.8, 4) is 0 Å². The van der Waals surface area contributed by atoms with Gasteiger partial charge < -0.3 is 10.2 Å². The van der Waals surface area contributed by atoms with Gasteiger partial charge in [0.25, 0.3) is 0 Å². The minimum Gasteiger partial charge on any atom is -0.326 e. The number of anilines is 2. The van der Waals surface area contributed by atoms with Gasteiger partial charge in [-0.05, 0) is 54.7 Å². The molecule has 0 spiro atoms. The van der Waals surface area contributed by atoms with Gasteiger partial charge in [0.2, 0.25) is 11.8 Å². The molecule has 136 valence electrons. The van der Waals surface area contributed by atoms with E-state index in [1.54, 1.807) is 4.90 Å². The van der Waals surface area contributed by atoms with E-state index in [9.17, 15) is 9.59 Å². The van der Waals surface area contributed by atoms with Crippen molar-refractivity contribution in [2.24, 2.45) is 5.92 Å². The maximum atomic E-state index is 12.7. The van der Waals surface area contributed by atoms with E-state index in [2.05, 4.69) is 31.3 Å². The monoisotopic (exact) mass is 350 g/mol. The van der Waals surface area contributed by atoms with Gasteiger partial charge in [0.05, 0.1) is 5.92 Å². The molecule has 4 nitrogen and oxygen atoms in total. The van der Waals surface area contributed by atoms with Crippen LogP contribution in [0.15, 0.2) is 42.5 Å². The van der Waals surface area contributed by atoms with Crippen molar-refractivity contribution in [1.82, 2.24) is 0 Å². The number of nitrogens with zero attached hydrogens (tertiary/aromatic N) is 1. The molecule has 1 atom stereocenters. The zero-order chi connectivity index (χ0) is 18.8. The molecular weight excluding hydrogens is 324 g/mol. The van der Waals surface area contributed by atoms with Crippen LogP contribution in [0.4, 0.5) is 11.4 Å². The van der Waals surface area contributed by atoms with Crippen LogP contribution in [0.1, 0.15) is 42.9 Å². The fraction of sp³-hybridized carbons (Fsp3) is 0.364. The molecule has 26 heavy (non-hydrogen) atoms. The van der Waals surface area contributed by atoms with Gasteiger partial charge in [-0.3, -0.25) is 9.59 Å². The number of carbonyl (C=O) groups is 2. The summed E-state index contributed by atoms with van der Waals surface area (Å²) >= 11 is 0. The lowest BCUT2D eigenvalue weighted by molar-refractivity contribution is -0.122. The van der Waals surface area contributed by atoms with Crippen LogP contribution in [0, 0.1) is 19.8 Å². The number of rotatable bonds is 4. The molecule has 3 rings (SSSR count). The zero-order valence-electron chi connectivity index (χ0n) is 15.9. The lowest BCUT2D eigenvalue weighted by atomic mass is 10.0. The van der Waals surface area contributed by atoms with E-state index in [-0.39, 0.29) is 24.2 Å². The third kappa shape index (κ3) is 3.79. The molecule has 0 radical (unpaired) electrons. The van der Waals surface area contributed by atoms with Crippen molar-refractivity contribution in [3.63, 3.8) is 0 Å². The number of para-hydroxylation sites is 1. The molecule has 2 amide bonds. The van der Waals surface area contributed by atoms with Crippen molar-refractivity contribution in [2.45, 2.75) is 40.0 Å². The van der Waals surface area contributed by atoms with E-state index < -0.39 is 0 Å². The van der Waals surface area contributed by atoms with E-state index in [0.717, 1.165) is 28.1 Å². The molecule has 1 fully saturated rings. The number of hydrogen-bond acceptors (Lipinski definition) is 2. The molecule has 0 aliphatic carbocycles. The SMILES string of the molecule is Cc1cc(C)cc(NC(=O)C2CC(=O)N(c3ccccc3C(C)C)C2)c1. The van der Waals surface area contributed by atoms with Gasteiger partial charge in [0, 0.05) is 24.3 Å². The number of carbonyl (C=O) groups excluding carboxylic acids is 2. The van der Waals surface area contributed by atoms with Crippen molar-refractivity contribution in [1.29, 1.82) is 0 Å². The third-order valence-electron chi connectivity index (χ3n) is 4.83. The largest absolute Gasteiger partial charge is 0.326 e. The Kier molecular flexibility index (Phi) is 5.12. The lowest BCUT2D eigenvalue weighted by Crippen LogP contribution is -2.29. The summed E-state index contributed by atoms with van der Waals surface area (Å²) in [6.07, 6.45) is 0.253. The molecule has 2 aromatic rings. The van der Waals surface area contributed by atoms with E-state index >= 15 is 0 Å². The summed E-state index contributed by atoms with van der Waals surface area (Å²) in [5, 5.41) is 2.98. The van der Waals surface area contributed by atoms with Crippen molar-refractivity contribution in [2.75, 3.05) is 16.8 Å². The maximum absolute atomic E-state index is 12.7. The molecule has 0 aromatic heterocycles. The molecule has 1 heterocycles. The van der Waals surface area contributed by atoms with Crippen LogP contribution in [0.5, 0.6) is 0 Å². The Labute approximate surface area is 155 Å². The highest BCUT2D eigenvalue weighted by Gasteiger charge is 2.36. The van der Waals surface area contributed by atoms with Crippen molar-refractivity contribution in [3.05, 3.63) is 59.2 Å². The highest BCUT2D eigenvalue weighted by molar-refractivity contribution is 6.04. The molecule has 1 saturated heterocycles. The lowest BCUT2D eigenvalue weighted by Gasteiger charge is -2.22. The van der Waals surface area contributed by atoms with E-state index in [4.69, 9.17) is 0 Å². The second-order valence-corrected chi connectivity index (χ2v) is 7.48. The highest BCUT2D eigenvalue weighted by atomic mass is 16.2. The van der Waals surface area contributed by atoms with Crippen molar-refractivity contribution < 1.29 is 9.59 Å². The Morgan fingerprint density at radius 1 is 1.12 bits per heavy atom. The first kappa shape index (κ1) is 18.2. The number of benzene rings is 2. The van der Waals surface area contributed by atoms with Gasteiger partial charge in [-0.25, -0.2) is 0 Å². The summed E-state index contributed by atoms with van der Waals surface area (Å²) in [5.74, 6) is -0.0859. The minimum atomic E-state index is -0.330. The van der Waals surface area contributed by atoms with Gasteiger partial charge in [-0.2, -0.15) is 0 Å². The molecule has 0 bridgehead atoms. The smallest absolute Gasteiger partial charge is 0.229 e.